The zero-order valence-electron chi connectivity index (χ0n) is 11.5. The quantitative estimate of drug-likeness (QED) is 0.844. The molecule has 0 aliphatic carbocycles. The Morgan fingerprint density at radius 3 is 2.32 bits per heavy atom. The molecule has 0 spiro atoms. The Hall–Kier alpha value is -2.04. The van der Waals surface area contributed by atoms with Crippen molar-refractivity contribution in [3.05, 3.63) is 29.8 Å². The molecule has 1 aromatic carbocycles. The number of phenolic OH excluding ortho intramolecular Hbond substituents is 1. The van der Waals surface area contributed by atoms with E-state index in [4.69, 9.17) is 0 Å². The number of rotatable bonds is 5. The molecule has 0 saturated carbocycles. The molecular formula is C14H20N2O3. The van der Waals surface area contributed by atoms with Crippen molar-refractivity contribution < 1.29 is 14.7 Å². The van der Waals surface area contributed by atoms with Crippen LogP contribution in [0.1, 0.15) is 31.1 Å². The smallest absolute Gasteiger partial charge is 0.254 e. The number of benzene rings is 1. The Bertz CT molecular complexity index is 441. The molecule has 5 heteroatoms. The second-order valence-electron chi connectivity index (χ2n) is 4.59. The number of nitrogens with one attached hydrogen (secondary N) is 1. The number of hydrogen-bond acceptors (Lipinski definition) is 3. The molecule has 0 bridgehead atoms. The lowest BCUT2D eigenvalue weighted by molar-refractivity contribution is -0.122. The van der Waals surface area contributed by atoms with Gasteiger partial charge in [-0.05, 0) is 45.0 Å². The van der Waals surface area contributed by atoms with Crippen molar-refractivity contribution in [2.75, 3.05) is 13.1 Å². The molecule has 5 nitrogen and oxygen atoms in total. The predicted octanol–water partition coefficient (Wildman–Crippen LogP) is 1.38. The molecule has 2 amide bonds. The first-order chi connectivity index (χ1) is 8.93. The number of amides is 2. The van der Waals surface area contributed by atoms with Gasteiger partial charge in [0.2, 0.25) is 5.91 Å². The fourth-order valence-electron chi connectivity index (χ4n) is 1.65. The Morgan fingerprint density at radius 1 is 1.26 bits per heavy atom. The molecule has 104 valence electrons. The lowest BCUT2D eigenvalue weighted by atomic mass is 10.2. The monoisotopic (exact) mass is 264 g/mol. The Kier molecular flexibility index (Phi) is 5.36. The number of carbonyl (C=O) groups excluding carboxylic acids is 2. The predicted molar refractivity (Wildman–Crippen MR) is 73.0 cm³/mol. The van der Waals surface area contributed by atoms with Gasteiger partial charge in [0, 0.05) is 18.2 Å². The van der Waals surface area contributed by atoms with Gasteiger partial charge in [0.05, 0.1) is 6.54 Å². The van der Waals surface area contributed by atoms with E-state index in [2.05, 4.69) is 5.32 Å². The van der Waals surface area contributed by atoms with Crippen LogP contribution in [0, 0.1) is 0 Å². The Balaban J connectivity index is 2.71. The lowest BCUT2D eigenvalue weighted by Gasteiger charge is -2.21. The topological polar surface area (TPSA) is 69.6 Å². The average molecular weight is 264 g/mol. The van der Waals surface area contributed by atoms with Gasteiger partial charge in [-0.3, -0.25) is 9.59 Å². The number of phenols is 1. The van der Waals surface area contributed by atoms with E-state index >= 15 is 0 Å². The highest BCUT2D eigenvalue weighted by atomic mass is 16.3. The summed E-state index contributed by atoms with van der Waals surface area (Å²) < 4.78 is 0. The van der Waals surface area contributed by atoms with Gasteiger partial charge >= 0.3 is 0 Å². The van der Waals surface area contributed by atoms with E-state index in [0.29, 0.717) is 12.1 Å². The third kappa shape index (κ3) is 4.62. The molecule has 0 aliphatic heterocycles. The van der Waals surface area contributed by atoms with Gasteiger partial charge in [0.15, 0.2) is 0 Å². The molecule has 0 atom stereocenters. The van der Waals surface area contributed by atoms with E-state index in [1.54, 1.807) is 12.1 Å². The molecule has 19 heavy (non-hydrogen) atoms. The zero-order chi connectivity index (χ0) is 14.4. The molecular weight excluding hydrogens is 244 g/mol. The normalized spacial score (nSPS) is 10.3. The number of nitrogens with zero attached hydrogens (tertiary/aromatic N) is 1. The summed E-state index contributed by atoms with van der Waals surface area (Å²) in [5.41, 5.74) is 0.456. The van der Waals surface area contributed by atoms with E-state index in [1.807, 2.05) is 20.8 Å². The van der Waals surface area contributed by atoms with Gasteiger partial charge in [-0.25, -0.2) is 0 Å². The minimum atomic E-state index is -0.221. The molecule has 0 unspecified atom stereocenters. The number of carbonyl (C=O) groups is 2. The lowest BCUT2D eigenvalue weighted by Crippen LogP contribution is -2.42. The molecule has 0 aromatic heterocycles. The minimum Gasteiger partial charge on any atom is -0.508 e. The maximum atomic E-state index is 12.2. The van der Waals surface area contributed by atoms with Crippen LogP contribution < -0.4 is 5.32 Å². The largest absolute Gasteiger partial charge is 0.508 e. The summed E-state index contributed by atoms with van der Waals surface area (Å²) in [6, 6.07) is 6.04. The van der Waals surface area contributed by atoms with Crippen LogP contribution in [0.25, 0.3) is 0 Å². The van der Waals surface area contributed by atoms with Crippen LogP contribution in [0.5, 0.6) is 5.75 Å². The van der Waals surface area contributed by atoms with E-state index in [1.165, 1.54) is 17.0 Å². The maximum Gasteiger partial charge on any atom is 0.254 e. The van der Waals surface area contributed by atoms with Crippen LogP contribution in [0.3, 0.4) is 0 Å². The van der Waals surface area contributed by atoms with Crippen LogP contribution in [-0.4, -0.2) is 41.0 Å². The average Bonchev–Trinajstić information content (AvgIpc) is 2.35. The van der Waals surface area contributed by atoms with Crippen molar-refractivity contribution in [2.45, 2.75) is 26.8 Å². The summed E-state index contributed by atoms with van der Waals surface area (Å²) in [5, 5.41) is 11.9. The molecule has 2 N–H and O–H groups in total. The highest BCUT2D eigenvalue weighted by Gasteiger charge is 2.17. The molecule has 1 rings (SSSR count). The van der Waals surface area contributed by atoms with Crippen molar-refractivity contribution in [1.29, 1.82) is 0 Å². The minimum absolute atomic E-state index is 0.0361. The molecule has 0 aliphatic rings. The second-order valence-corrected chi connectivity index (χ2v) is 4.59. The van der Waals surface area contributed by atoms with E-state index in [9.17, 15) is 14.7 Å². The fourth-order valence-corrected chi connectivity index (χ4v) is 1.65. The zero-order valence-corrected chi connectivity index (χ0v) is 11.5. The van der Waals surface area contributed by atoms with Crippen molar-refractivity contribution in [1.82, 2.24) is 10.2 Å². The standard InChI is InChI=1S/C14H20N2O3/c1-4-16(9-13(18)15-10(2)3)14(19)11-5-7-12(17)8-6-11/h5-8,10,17H,4,9H2,1-3H3,(H,15,18). The highest BCUT2D eigenvalue weighted by Crippen LogP contribution is 2.11. The second kappa shape index (κ2) is 6.78. The number of likely N-dealkylation sites (N-methyl/N-ethyl adjacent to an activating group) is 1. The molecule has 0 radical (unpaired) electrons. The summed E-state index contributed by atoms with van der Waals surface area (Å²) in [7, 11) is 0. The summed E-state index contributed by atoms with van der Waals surface area (Å²) in [6.07, 6.45) is 0. The first-order valence-electron chi connectivity index (χ1n) is 6.31. The van der Waals surface area contributed by atoms with Gasteiger partial charge in [-0.2, -0.15) is 0 Å². The molecule has 1 aromatic rings. The Labute approximate surface area is 113 Å². The van der Waals surface area contributed by atoms with Crippen molar-refractivity contribution >= 4 is 11.8 Å². The van der Waals surface area contributed by atoms with Crippen molar-refractivity contribution in [3.8, 4) is 5.75 Å². The van der Waals surface area contributed by atoms with E-state index < -0.39 is 0 Å². The van der Waals surface area contributed by atoms with Gasteiger partial charge < -0.3 is 15.3 Å². The van der Waals surface area contributed by atoms with Gasteiger partial charge in [-0.15, -0.1) is 0 Å². The summed E-state index contributed by atoms with van der Waals surface area (Å²) in [4.78, 5) is 25.3. The van der Waals surface area contributed by atoms with Crippen molar-refractivity contribution in [2.24, 2.45) is 0 Å². The van der Waals surface area contributed by atoms with Gasteiger partial charge in [0.1, 0.15) is 5.75 Å². The van der Waals surface area contributed by atoms with Crippen LogP contribution in [0.2, 0.25) is 0 Å². The van der Waals surface area contributed by atoms with Gasteiger partial charge in [-0.1, -0.05) is 0 Å². The van der Waals surface area contributed by atoms with Crippen LogP contribution in [-0.2, 0) is 4.79 Å². The molecule has 0 heterocycles. The third-order valence-electron chi connectivity index (χ3n) is 2.57. The van der Waals surface area contributed by atoms with Crippen LogP contribution in [0.4, 0.5) is 0 Å². The van der Waals surface area contributed by atoms with E-state index in [-0.39, 0.29) is 30.2 Å². The Morgan fingerprint density at radius 2 is 1.84 bits per heavy atom. The highest BCUT2D eigenvalue weighted by molar-refractivity contribution is 5.96. The van der Waals surface area contributed by atoms with Gasteiger partial charge in [0.25, 0.3) is 5.91 Å². The molecule has 0 saturated heterocycles. The van der Waals surface area contributed by atoms with Crippen molar-refractivity contribution in [3.63, 3.8) is 0 Å². The number of hydrogen-bond donors (Lipinski definition) is 2. The van der Waals surface area contributed by atoms with Crippen LogP contribution >= 0.6 is 0 Å². The fraction of sp³-hybridized carbons (Fsp3) is 0.429. The number of aromatic hydroxyl groups is 1. The summed E-state index contributed by atoms with van der Waals surface area (Å²) >= 11 is 0. The molecule has 0 fully saturated rings. The van der Waals surface area contributed by atoms with E-state index in [0.717, 1.165) is 0 Å². The maximum absolute atomic E-state index is 12.2. The first kappa shape index (κ1) is 15.0. The summed E-state index contributed by atoms with van der Waals surface area (Å²) in [5.74, 6) is -0.289. The van der Waals surface area contributed by atoms with Crippen LogP contribution in [0.15, 0.2) is 24.3 Å². The first-order valence-corrected chi connectivity index (χ1v) is 6.31. The third-order valence-corrected chi connectivity index (χ3v) is 2.57. The summed E-state index contributed by atoms with van der Waals surface area (Å²) in [6.45, 7) is 6.05. The SMILES string of the molecule is CCN(CC(=O)NC(C)C)C(=O)c1ccc(O)cc1.